The van der Waals surface area contributed by atoms with Crippen LogP contribution in [-0.2, 0) is 25.7 Å². The lowest BCUT2D eigenvalue weighted by Gasteiger charge is -2.72. The van der Waals surface area contributed by atoms with Gasteiger partial charge < -0.3 is 14.7 Å². The smallest absolute Gasteiger partial charge is 0.309 e. The molecule has 8 nitrogen and oxygen atoms in total. The first kappa shape index (κ1) is 42.0. The van der Waals surface area contributed by atoms with Crippen LogP contribution in [0.2, 0.25) is 0 Å². The highest BCUT2D eigenvalue weighted by molar-refractivity contribution is 6.00. The van der Waals surface area contributed by atoms with Gasteiger partial charge in [-0.05, 0) is 155 Å². The van der Waals surface area contributed by atoms with Crippen molar-refractivity contribution >= 4 is 17.7 Å². The number of aliphatic carboxylic acids is 1. The Balaban J connectivity index is 1.26. The van der Waals surface area contributed by atoms with E-state index >= 15 is 0 Å². The largest absolute Gasteiger partial charge is 0.481 e. The Hall–Kier alpha value is -2.58. The maximum Gasteiger partial charge on any atom is 0.309 e. The molecule has 0 unspecified atom stereocenters. The second-order valence-corrected chi connectivity index (χ2v) is 21.4. The van der Waals surface area contributed by atoms with Crippen molar-refractivity contribution in [2.45, 2.75) is 146 Å². The topological polar surface area (TPSA) is 100 Å². The number of carboxylic acids is 1. The first-order chi connectivity index (χ1) is 25.6. The van der Waals surface area contributed by atoms with Crippen LogP contribution in [0.25, 0.3) is 0 Å². The number of rotatable bonds is 13. The van der Waals surface area contributed by atoms with Gasteiger partial charge in [0.15, 0.2) is 5.78 Å². The minimum atomic E-state index is -1.15. The summed E-state index contributed by atoms with van der Waals surface area (Å²) in [5.41, 5.74) is 2.95. The molecule has 5 aliphatic rings. The first-order valence-corrected chi connectivity index (χ1v) is 21.6. The molecule has 0 aromatic carbocycles. The Morgan fingerprint density at radius 3 is 2.24 bits per heavy atom. The summed E-state index contributed by atoms with van der Waals surface area (Å²) in [5.74, 6) is 0.650. The van der Waals surface area contributed by atoms with Crippen LogP contribution in [0.3, 0.4) is 0 Å². The number of hydrogen-bond donors (Lipinski definition) is 1. The molecule has 0 aliphatic heterocycles. The highest BCUT2D eigenvalue weighted by Crippen LogP contribution is 2.77. The van der Waals surface area contributed by atoms with Crippen LogP contribution in [0.1, 0.15) is 139 Å². The first-order valence-electron chi connectivity index (χ1n) is 21.6. The number of fused-ring (bicyclic) bond motifs is 7. The van der Waals surface area contributed by atoms with Crippen LogP contribution in [0.5, 0.6) is 0 Å². The maximum absolute atomic E-state index is 14.3. The summed E-state index contributed by atoms with van der Waals surface area (Å²) >= 11 is 0. The van der Waals surface area contributed by atoms with E-state index in [1.54, 1.807) is 19.4 Å². The number of aromatic nitrogens is 1. The number of Topliss-reactive ketones (excluding diaryl/α,β-unsaturated/α-hetero) is 1. The molecule has 1 aromatic heterocycles. The SMILES string of the molecule is CC(C)C1=C2[C@H]3CC[C@@H]4[C@@]5(C)CC[C@H](OC(=O)CC(C)(C)C(=O)O)C(C)(C)[C@@H]5CC[C@@]4(C)[C@]3(C)CC[C@@]2(CCN(CCN(C)C)Cc2ccncc2)CC1=O. The summed E-state index contributed by atoms with van der Waals surface area (Å²) in [6.07, 6.45) is 13.8. The van der Waals surface area contributed by atoms with Crippen molar-refractivity contribution in [2.24, 2.45) is 56.2 Å². The lowest BCUT2D eigenvalue weighted by atomic mass is 9.33. The molecule has 0 amide bonds. The number of pyridine rings is 1. The van der Waals surface area contributed by atoms with Gasteiger partial charge in [0.1, 0.15) is 6.10 Å². The fourth-order valence-corrected chi connectivity index (χ4v) is 13.6. The molecule has 1 N–H and O–H groups in total. The molecule has 6 rings (SSSR count). The summed E-state index contributed by atoms with van der Waals surface area (Å²) in [6, 6.07) is 4.26. The average Bonchev–Trinajstić information content (AvgIpc) is 3.40. The van der Waals surface area contributed by atoms with Gasteiger partial charge in [0.25, 0.3) is 0 Å². The van der Waals surface area contributed by atoms with Crippen molar-refractivity contribution in [1.82, 2.24) is 14.8 Å². The number of nitrogens with zero attached hydrogens (tertiary/aromatic N) is 3. The minimum absolute atomic E-state index is 0.0566. The molecule has 0 saturated heterocycles. The van der Waals surface area contributed by atoms with E-state index in [1.165, 1.54) is 24.0 Å². The third-order valence-corrected chi connectivity index (χ3v) is 16.9. The van der Waals surface area contributed by atoms with E-state index in [0.717, 1.165) is 71.1 Å². The summed E-state index contributed by atoms with van der Waals surface area (Å²) < 4.78 is 6.21. The monoisotopic (exact) mass is 760 g/mol. The molecule has 1 heterocycles. The van der Waals surface area contributed by atoms with Gasteiger partial charge in [-0.15, -0.1) is 0 Å². The van der Waals surface area contributed by atoms with E-state index in [1.807, 2.05) is 12.4 Å². The molecule has 0 bridgehead atoms. The van der Waals surface area contributed by atoms with Crippen LogP contribution in [0.4, 0.5) is 0 Å². The van der Waals surface area contributed by atoms with Gasteiger partial charge in [-0.3, -0.25) is 24.3 Å². The van der Waals surface area contributed by atoms with Crippen molar-refractivity contribution in [3.63, 3.8) is 0 Å². The van der Waals surface area contributed by atoms with Gasteiger partial charge in [0.05, 0.1) is 11.8 Å². The predicted molar refractivity (Wildman–Crippen MR) is 218 cm³/mol. The summed E-state index contributed by atoms with van der Waals surface area (Å²) in [7, 11) is 4.29. The van der Waals surface area contributed by atoms with Crippen molar-refractivity contribution in [2.75, 3.05) is 33.7 Å². The minimum Gasteiger partial charge on any atom is -0.481 e. The number of ether oxygens (including phenoxy) is 1. The number of hydrogen-bond acceptors (Lipinski definition) is 7. The quantitative estimate of drug-likeness (QED) is 0.199. The van der Waals surface area contributed by atoms with Gasteiger partial charge in [-0.25, -0.2) is 0 Å². The molecule has 8 heteroatoms. The molecule has 55 heavy (non-hydrogen) atoms. The van der Waals surface area contributed by atoms with E-state index in [2.05, 4.69) is 89.5 Å². The Bertz CT molecular complexity index is 1650. The van der Waals surface area contributed by atoms with Crippen LogP contribution >= 0.6 is 0 Å². The summed E-state index contributed by atoms with van der Waals surface area (Å²) in [6.45, 7) is 24.0. The summed E-state index contributed by atoms with van der Waals surface area (Å²) in [4.78, 5) is 48.3. The predicted octanol–water partition coefficient (Wildman–Crippen LogP) is 9.23. The number of esters is 1. The Kier molecular flexibility index (Phi) is 11.4. The van der Waals surface area contributed by atoms with Crippen molar-refractivity contribution in [1.29, 1.82) is 0 Å². The molecule has 4 fully saturated rings. The molecule has 1 aromatic rings. The Morgan fingerprint density at radius 1 is 0.909 bits per heavy atom. The highest BCUT2D eigenvalue weighted by Gasteiger charge is 2.70. The highest BCUT2D eigenvalue weighted by atomic mass is 16.5. The van der Waals surface area contributed by atoms with E-state index in [9.17, 15) is 19.5 Å². The number of allylic oxidation sites excluding steroid dienone is 2. The van der Waals surface area contributed by atoms with Gasteiger partial charge in [-0.2, -0.15) is 0 Å². The van der Waals surface area contributed by atoms with E-state index in [4.69, 9.17) is 4.74 Å². The van der Waals surface area contributed by atoms with Crippen molar-refractivity contribution in [3.8, 4) is 0 Å². The number of carbonyl (C=O) groups excluding carboxylic acids is 2. The van der Waals surface area contributed by atoms with Crippen LogP contribution in [-0.4, -0.2) is 77.4 Å². The molecule has 4 saturated carbocycles. The van der Waals surface area contributed by atoms with Crippen LogP contribution < -0.4 is 0 Å². The molecule has 8 atom stereocenters. The number of carboxylic acid groups (broad SMARTS) is 1. The van der Waals surface area contributed by atoms with Crippen molar-refractivity contribution < 1.29 is 24.2 Å². The number of ketones is 1. The fraction of sp³-hybridized carbons (Fsp3) is 0.787. The maximum atomic E-state index is 14.3. The molecule has 0 radical (unpaired) electrons. The number of likely N-dealkylation sites (N-methyl/N-ethyl adjacent to an activating group) is 1. The standard InChI is InChI=1S/C47H73N3O5/c1-31(2)39-34(51)28-47(22-25-50(27-26-49(10)11)30-32-16-23-48-24-17-32)21-20-45(8)33(40(39)47)12-13-36-44(7)18-15-37(55-38(52)29-42(3,4)41(53)54)43(5,6)35(44)14-19-46(36,45)9/h16-17,23-24,31,33,35-37H,12-15,18-22,25-30H2,1-11H3,(H,53,54)/t33-,35+,36-,37+,44+,45-,46-,47-/m1/s1. The van der Waals surface area contributed by atoms with E-state index in [0.29, 0.717) is 30.0 Å². The Labute approximate surface area is 332 Å². The van der Waals surface area contributed by atoms with Gasteiger partial charge in [0.2, 0.25) is 0 Å². The fourth-order valence-electron chi connectivity index (χ4n) is 13.6. The molecule has 306 valence electrons. The Morgan fingerprint density at radius 2 is 1.60 bits per heavy atom. The van der Waals surface area contributed by atoms with E-state index < -0.39 is 17.4 Å². The zero-order valence-corrected chi connectivity index (χ0v) is 36.2. The normalized spacial score (nSPS) is 35.7. The molecular weight excluding hydrogens is 687 g/mol. The number of carbonyl (C=O) groups is 3. The average molecular weight is 760 g/mol. The molecular formula is C47H73N3O5. The van der Waals surface area contributed by atoms with Crippen molar-refractivity contribution in [3.05, 3.63) is 41.2 Å². The lowest BCUT2D eigenvalue weighted by molar-refractivity contribution is -0.233. The third-order valence-electron chi connectivity index (χ3n) is 16.9. The zero-order valence-electron chi connectivity index (χ0n) is 36.2. The second kappa shape index (κ2) is 15.0. The molecule has 0 spiro atoms. The second-order valence-electron chi connectivity index (χ2n) is 21.4. The lowest BCUT2D eigenvalue weighted by Crippen LogP contribution is -2.65. The third kappa shape index (κ3) is 7.27. The summed E-state index contributed by atoms with van der Waals surface area (Å²) in [5, 5.41) is 9.65. The van der Waals surface area contributed by atoms with E-state index in [-0.39, 0.29) is 45.5 Å². The van der Waals surface area contributed by atoms with Crippen LogP contribution in [0.15, 0.2) is 35.7 Å². The van der Waals surface area contributed by atoms with Gasteiger partial charge >= 0.3 is 11.9 Å². The van der Waals surface area contributed by atoms with Crippen LogP contribution in [0, 0.1) is 56.2 Å². The van der Waals surface area contributed by atoms with Gasteiger partial charge in [0, 0.05) is 49.3 Å². The van der Waals surface area contributed by atoms with Gasteiger partial charge in [-0.1, -0.05) is 54.0 Å². The zero-order chi connectivity index (χ0) is 40.4. The molecule has 5 aliphatic carbocycles.